The van der Waals surface area contributed by atoms with Gasteiger partial charge in [-0.1, -0.05) is 271 Å². The molecule has 0 saturated heterocycles. The summed E-state index contributed by atoms with van der Waals surface area (Å²) in [6.07, 6.45) is 52.6. The van der Waals surface area contributed by atoms with Crippen molar-refractivity contribution in [3.05, 3.63) is 0 Å². The SMILES string of the molecule is CCCCCCCCCCCCCCCCCCCCCCCCC(O)C(CO)NC(=O)C(O)CCCCCCCCCCCCCCCCCCCC. The summed E-state index contributed by atoms with van der Waals surface area (Å²) in [7, 11) is 0. The Balaban J connectivity index is 3.53. The van der Waals surface area contributed by atoms with Gasteiger partial charge in [-0.3, -0.25) is 4.79 Å². The van der Waals surface area contributed by atoms with Gasteiger partial charge in [-0.15, -0.1) is 0 Å². The number of carbonyl (C=O) groups is 1. The van der Waals surface area contributed by atoms with E-state index in [4.69, 9.17) is 0 Å². The number of aliphatic hydroxyl groups excluding tert-OH is 3. The number of amides is 1. The van der Waals surface area contributed by atoms with Crippen LogP contribution in [-0.4, -0.2) is 46.1 Å². The van der Waals surface area contributed by atoms with Crippen molar-refractivity contribution in [1.29, 1.82) is 0 Å². The van der Waals surface area contributed by atoms with Crippen LogP contribution in [0.2, 0.25) is 0 Å². The summed E-state index contributed by atoms with van der Waals surface area (Å²) in [6.45, 7) is 4.27. The molecule has 0 radical (unpaired) electrons. The summed E-state index contributed by atoms with van der Waals surface area (Å²) in [6, 6.07) is -0.706. The lowest BCUT2D eigenvalue weighted by Crippen LogP contribution is -2.49. The van der Waals surface area contributed by atoms with Gasteiger partial charge in [0, 0.05) is 0 Å². The summed E-state index contributed by atoms with van der Waals surface area (Å²) in [4.78, 5) is 12.5. The van der Waals surface area contributed by atoms with E-state index in [9.17, 15) is 20.1 Å². The third kappa shape index (κ3) is 39.6. The lowest BCUT2D eigenvalue weighted by atomic mass is 10.0. The van der Waals surface area contributed by atoms with Crippen molar-refractivity contribution in [3.63, 3.8) is 0 Å². The fraction of sp³-hybridized carbons (Fsp3) is 0.980. The number of rotatable bonds is 46. The van der Waals surface area contributed by atoms with Crippen LogP contribution in [0.3, 0.4) is 0 Å². The Labute approximate surface area is 338 Å². The van der Waals surface area contributed by atoms with Crippen molar-refractivity contribution in [1.82, 2.24) is 5.32 Å². The van der Waals surface area contributed by atoms with Crippen LogP contribution in [-0.2, 0) is 4.79 Å². The molecule has 324 valence electrons. The minimum atomic E-state index is -1.07. The molecule has 0 heterocycles. The monoisotopic (exact) mass is 766 g/mol. The van der Waals surface area contributed by atoms with Crippen LogP contribution in [0.5, 0.6) is 0 Å². The minimum Gasteiger partial charge on any atom is -0.394 e. The van der Waals surface area contributed by atoms with Crippen LogP contribution < -0.4 is 5.32 Å². The Morgan fingerprint density at radius 1 is 0.370 bits per heavy atom. The third-order valence-electron chi connectivity index (χ3n) is 12.0. The molecule has 0 aliphatic carbocycles. The summed E-state index contributed by atoms with van der Waals surface area (Å²) < 4.78 is 0. The normalized spacial score (nSPS) is 13.4. The molecular weight excluding hydrogens is 667 g/mol. The Morgan fingerprint density at radius 2 is 0.593 bits per heavy atom. The first-order chi connectivity index (χ1) is 26.6. The van der Waals surface area contributed by atoms with Crippen molar-refractivity contribution in [2.45, 2.75) is 302 Å². The molecule has 0 rings (SSSR count). The molecule has 54 heavy (non-hydrogen) atoms. The maximum absolute atomic E-state index is 12.5. The summed E-state index contributed by atoms with van der Waals surface area (Å²) in [5.74, 6) is -0.464. The zero-order valence-corrected chi connectivity index (χ0v) is 36.9. The molecule has 0 aliphatic rings. The highest BCUT2D eigenvalue weighted by atomic mass is 16.3. The summed E-state index contributed by atoms with van der Waals surface area (Å²) in [5, 5.41) is 33.4. The first-order valence-corrected chi connectivity index (χ1v) is 24.8. The van der Waals surface area contributed by atoms with Gasteiger partial charge in [-0.2, -0.15) is 0 Å². The molecule has 0 aromatic heterocycles. The van der Waals surface area contributed by atoms with Gasteiger partial charge in [0.05, 0.1) is 18.8 Å². The predicted octanol–water partition coefficient (Wildman–Crippen LogP) is 14.6. The molecule has 0 saturated carbocycles. The highest BCUT2D eigenvalue weighted by Crippen LogP contribution is 2.18. The number of hydrogen-bond donors (Lipinski definition) is 4. The van der Waals surface area contributed by atoms with Gasteiger partial charge in [0.15, 0.2) is 0 Å². The number of aliphatic hydroxyl groups is 3. The minimum absolute atomic E-state index is 0.307. The molecule has 0 aromatic rings. The topological polar surface area (TPSA) is 89.8 Å². The zero-order valence-electron chi connectivity index (χ0n) is 36.9. The first kappa shape index (κ1) is 53.4. The molecule has 0 aliphatic heterocycles. The molecule has 0 spiro atoms. The van der Waals surface area contributed by atoms with E-state index in [1.54, 1.807) is 0 Å². The molecule has 3 unspecified atom stereocenters. The van der Waals surface area contributed by atoms with Crippen LogP contribution in [0.25, 0.3) is 0 Å². The molecule has 0 fully saturated rings. The van der Waals surface area contributed by atoms with E-state index < -0.39 is 24.2 Å². The van der Waals surface area contributed by atoms with Crippen LogP contribution in [0.4, 0.5) is 0 Å². The fourth-order valence-corrected chi connectivity index (χ4v) is 8.08. The van der Waals surface area contributed by atoms with Gasteiger partial charge in [0.1, 0.15) is 6.10 Å². The average Bonchev–Trinajstić information content (AvgIpc) is 3.18. The van der Waals surface area contributed by atoms with Crippen LogP contribution in [0.1, 0.15) is 284 Å². The summed E-state index contributed by atoms with van der Waals surface area (Å²) in [5.41, 5.74) is 0. The smallest absolute Gasteiger partial charge is 0.249 e. The largest absolute Gasteiger partial charge is 0.394 e. The lowest BCUT2D eigenvalue weighted by Gasteiger charge is -2.23. The second-order valence-electron chi connectivity index (χ2n) is 17.4. The number of nitrogens with one attached hydrogen (secondary N) is 1. The van der Waals surface area contributed by atoms with E-state index in [1.165, 1.54) is 225 Å². The maximum Gasteiger partial charge on any atom is 0.249 e. The highest BCUT2D eigenvalue weighted by molar-refractivity contribution is 5.80. The van der Waals surface area contributed by atoms with E-state index in [0.717, 1.165) is 32.1 Å². The van der Waals surface area contributed by atoms with Gasteiger partial charge in [0.2, 0.25) is 5.91 Å². The molecule has 5 nitrogen and oxygen atoms in total. The van der Waals surface area contributed by atoms with Gasteiger partial charge >= 0.3 is 0 Å². The van der Waals surface area contributed by atoms with Gasteiger partial charge in [-0.25, -0.2) is 0 Å². The van der Waals surface area contributed by atoms with Gasteiger partial charge in [-0.05, 0) is 12.8 Å². The van der Waals surface area contributed by atoms with Gasteiger partial charge < -0.3 is 20.6 Å². The molecule has 0 bridgehead atoms. The van der Waals surface area contributed by atoms with E-state index in [1.807, 2.05) is 0 Å². The molecule has 4 N–H and O–H groups in total. The fourth-order valence-electron chi connectivity index (χ4n) is 8.08. The van der Waals surface area contributed by atoms with Crippen LogP contribution in [0, 0.1) is 0 Å². The van der Waals surface area contributed by atoms with Crippen molar-refractivity contribution < 1.29 is 20.1 Å². The molecule has 0 aromatic carbocycles. The van der Waals surface area contributed by atoms with Gasteiger partial charge in [0.25, 0.3) is 0 Å². The number of hydrogen-bond acceptors (Lipinski definition) is 4. The second-order valence-corrected chi connectivity index (χ2v) is 17.4. The molecular formula is C49H99NO4. The zero-order chi connectivity index (χ0) is 39.4. The Bertz CT molecular complexity index is 718. The van der Waals surface area contributed by atoms with E-state index in [0.29, 0.717) is 12.8 Å². The Morgan fingerprint density at radius 3 is 0.833 bits per heavy atom. The van der Waals surface area contributed by atoms with Crippen molar-refractivity contribution in [2.24, 2.45) is 0 Å². The summed E-state index contributed by atoms with van der Waals surface area (Å²) >= 11 is 0. The molecule has 5 heteroatoms. The number of unbranched alkanes of at least 4 members (excludes halogenated alkanes) is 38. The van der Waals surface area contributed by atoms with Crippen molar-refractivity contribution in [2.75, 3.05) is 6.61 Å². The van der Waals surface area contributed by atoms with E-state index in [-0.39, 0.29) is 6.61 Å². The Kier molecular flexibility index (Phi) is 44.5. The van der Waals surface area contributed by atoms with Crippen LogP contribution >= 0.6 is 0 Å². The van der Waals surface area contributed by atoms with Crippen LogP contribution in [0.15, 0.2) is 0 Å². The van der Waals surface area contributed by atoms with E-state index in [2.05, 4.69) is 19.2 Å². The van der Waals surface area contributed by atoms with Crippen molar-refractivity contribution in [3.8, 4) is 0 Å². The second kappa shape index (κ2) is 45.1. The van der Waals surface area contributed by atoms with Crippen molar-refractivity contribution >= 4 is 5.91 Å². The highest BCUT2D eigenvalue weighted by Gasteiger charge is 2.23. The standard InChI is InChI=1S/C49H99NO4/c1-3-5-7-9-11-13-15-17-19-21-23-24-25-26-28-29-31-33-35-37-39-41-43-47(52)46(45-51)50-49(54)48(53)44-42-40-38-36-34-32-30-27-22-20-18-16-14-12-10-8-6-4-2/h46-48,51-53H,3-45H2,1-2H3,(H,50,54). The third-order valence-corrected chi connectivity index (χ3v) is 12.0. The number of carbonyl (C=O) groups excluding carboxylic acids is 1. The van der Waals surface area contributed by atoms with E-state index >= 15 is 0 Å². The lowest BCUT2D eigenvalue weighted by molar-refractivity contribution is -0.131. The quantitative estimate of drug-likeness (QED) is 0.0465. The maximum atomic E-state index is 12.5. The molecule has 3 atom stereocenters. The first-order valence-electron chi connectivity index (χ1n) is 24.8. The average molecular weight is 766 g/mol. The predicted molar refractivity (Wildman–Crippen MR) is 236 cm³/mol. The molecule has 1 amide bonds. The Hall–Kier alpha value is -0.650.